The molecule has 0 amide bonds. The number of piperidine rings is 1. The zero-order chi connectivity index (χ0) is 14.6. The number of nitrogens with zero attached hydrogens (tertiary/aromatic N) is 4. The molecule has 1 aromatic heterocycles. The lowest BCUT2D eigenvalue weighted by molar-refractivity contribution is -0.115. The van der Waals surface area contributed by atoms with Crippen molar-refractivity contribution in [3.63, 3.8) is 0 Å². The molecule has 0 spiro atoms. The summed E-state index contributed by atoms with van der Waals surface area (Å²) in [5.74, 6) is 0.598. The summed E-state index contributed by atoms with van der Waals surface area (Å²) in [5.41, 5.74) is 0. The highest BCUT2D eigenvalue weighted by molar-refractivity contribution is 5.43. The lowest BCUT2D eigenvalue weighted by atomic mass is 10.1. The number of aromatic nitrogens is 3. The molecule has 0 saturated carbocycles. The maximum atomic E-state index is 12.2. The molecule has 20 heavy (non-hydrogen) atoms. The highest BCUT2D eigenvalue weighted by atomic mass is 19.4. The molecule has 1 aliphatic heterocycles. The molecule has 0 aliphatic carbocycles. The summed E-state index contributed by atoms with van der Waals surface area (Å²) in [6, 6.07) is 0. The van der Waals surface area contributed by atoms with E-state index in [1.807, 2.05) is 4.90 Å². The maximum Gasteiger partial charge on any atom is 0.405 e. The molecule has 1 fully saturated rings. The monoisotopic (exact) mass is 290 g/mol. The average Bonchev–Trinajstić information content (AvgIpc) is 2.45. The minimum Gasteiger partial charge on any atom is -0.357 e. The van der Waals surface area contributed by atoms with Gasteiger partial charge in [0, 0.05) is 20.1 Å². The summed E-state index contributed by atoms with van der Waals surface area (Å²) in [4.78, 5) is 14.1. The Kier molecular flexibility index (Phi) is 4.46. The van der Waals surface area contributed by atoms with Crippen LogP contribution in [-0.4, -0.2) is 47.8 Å². The third-order valence-corrected chi connectivity index (χ3v) is 2.93. The molecule has 1 aliphatic rings. The Morgan fingerprint density at radius 3 is 2.30 bits per heavy atom. The normalized spacial score (nSPS) is 16.1. The SMILES string of the molecule is CNc1nc(NCC(F)(F)F)nc(N2CCCCC2)n1. The number of nitrogens with one attached hydrogen (secondary N) is 2. The van der Waals surface area contributed by atoms with E-state index < -0.39 is 12.7 Å². The Morgan fingerprint density at radius 1 is 1.05 bits per heavy atom. The van der Waals surface area contributed by atoms with E-state index in [4.69, 9.17) is 0 Å². The molecule has 0 bridgehead atoms. The van der Waals surface area contributed by atoms with Crippen LogP contribution in [0.1, 0.15) is 19.3 Å². The van der Waals surface area contributed by atoms with E-state index in [9.17, 15) is 13.2 Å². The van der Waals surface area contributed by atoms with Gasteiger partial charge in [0.2, 0.25) is 17.8 Å². The second kappa shape index (κ2) is 6.10. The number of alkyl halides is 3. The van der Waals surface area contributed by atoms with Crippen LogP contribution in [0.5, 0.6) is 0 Å². The summed E-state index contributed by atoms with van der Waals surface area (Å²) in [6.07, 6.45) is -1.09. The van der Waals surface area contributed by atoms with Gasteiger partial charge in [0.05, 0.1) is 0 Å². The third kappa shape index (κ3) is 4.10. The fraction of sp³-hybridized carbons (Fsp3) is 0.727. The molecule has 6 nitrogen and oxygen atoms in total. The summed E-state index contributed by atoms with van der Waals surface area (Å²) < 4.78 is 36.7. The van der Waals surface area contributed by atoms with Crippen molar-refractivity contribution in [2.75, 3.05) is 42.2 Å². The molecular formula is C11H17F3N6. The number of hydrogen-bond donors (Lipinski definition) is 2. The molecule has 2 N–H and O–H groups in total. The highest BCUT2D eigenvalue weighted by Gasteiger charge is 2.27. The van der Waals surface area contributed by atoms with E-state index in [1.165, 1.54) is 0 Å². The van der Waals surface area contributed by atoms with Crippen molar-refractivity contribution in [3.05, 3.63) is 0 Å². The summed E-state index contributed by atoms with van der Waals surface area (Å²) in [6.45, 7) is 0.456. The minimum atomic E-state index is -4.31. The summed E-state index contributed by atoms with van der Waals surface area (Å²) >= 11 is 0. The van der Waals surface area contributed by atoms with E-state index in [0.29, 0.717) is 5.95 Å². The Bertz CT molecular complexity index is 444. The van der Waals surface area contributed by atoms with Gasteiger partial charge in [0.25, 0.3) is 0 Å². The van der Waals surface area contributed by atoms with Gasteiger partial charge in [0.15, 0.2) is 0 Å². The Hall–Kier alpha value is -1.80. The van der Waals surface area contributed by atoms with Gasteiger partial charge in [-0.15, -0.1) is 0 Å². The molecule has 1 saturated heterocycles. The van der Waals surface area contributed by atoms with Gasteiger partial charge in [-0.1, -0.05) is 0 Å². The van der Waals surface area contributed by atoms with E-state index in [1.54, 1.807) is 7.05 Å². The quantitative estimate of drug-likeness (QED) is 0.882. The lowest BCUT2D eigenvalue weighted by Crippen LogP contribution is -2.32. The molecule has 0 unspecified atom stereocenters. The van der Waals surface area contributed by atoms with Crippen LogP contribution in [-0.2, 0) is 0 Å². The number of anilines is 3. The van der Waals surface area contributed by atoms with Gasteiger partial charge in [0.1, 0.15) is 6.54 Å². The van der Waals surface area contributed by atoms with Gasteiger partial charge >= 0.3 is 6.18 Å². The molecule has 0 radical (unpaired) electrons. The average molecular weight is 290 g/mol. The van der Waals surface area contributed by atoms with Crippen molar-refractivity contribution in [2.24, 2.45) is 0 Å². The highest BCUT2D eigenvalue weighted by Crippen LogP contribution is 2.19. The first-order chi connectivity index (χ1) is 9.48. The topological polar surface area (TPSA) is 66.0 Å². The van der Waals surface area contributed by atoms with Crippen LogP contribution in [0.4, 0.5) is 31.0 Å². The molecule has 9 heteroatoms. The first kappa shape index (κ1) is 14.6. The molecule has 2 rings (SSSR count). The first-order valence-electron chi connectivity index (χ1n) is 6.47. The molecule has 112 valence electrons. The number of rotatable bonds is 4. The largest absolute Gasteiger partial charge is 0.405 e. The van der Waals surface area contributed by atoms with Gasteiger partial charge in [-0.3, -0.25) is 0 Å². The summed E-state index contributed by atoms with van der Waals surface area (Å²) in [5, 5.41) is 4.92. The lowest BCUT2D eigenvalue weighted by Gasteiger charge is -2.27. The van der Waals surface area contributed by atoms with Crippen LogP contribution in [0.3, 0.4) is 0 Å². The Labute approximate surface area is 114 Å². The predicted molar refractivity (Wildman–Crippen MR) is 70.0 cm³/mol. The molecule has 1 aromatic rings. The van der Waals surface area contributed by atoms with Crippen molar-refractivity contribution in [1.29, 1.82) is 0 Å². The van der Waals surface area contributed by atoms with Crippen LogP contribution in [0.25, 0.3) is 0 Å². The Morgan fingerprint density at radius 2 is 1.70 bits per heavy atom. The number of halogens is 3. The molecule has 0 atom stereocenters. The van der Waals surface area contributed by atoms with Crippen molar-refractivity contribution < 1.29 is 13.2 Å². The van der Waals surface area contributed by atoms with Crippen LogP contribution >= 0.6 is 0 Å². The fourth-order valence-electron chi connectivity index (χ4n) is 1.97. The standard InChI is InChI=1S/C11H17F3N6/c1-15-8-17-9(16-7-11(12,13)14)19-10(18-8)20-5-3-2-4-6-20/h2-7H2,1H3,(H2,15,16,17,18,19). The second-order valence-electron chi connectivity index (χ2n) is 4.55. The van der Waals surface area contributed by atoms with Gasteiger partial charge < -0.3 is 15.5 Å². The van der Waals surface area contributed by atoms with Gasteiger partial charge in [-0.2, -0.15) is 28.1 Å². The third-order valence-electron chi connectivity index (χ3n) is 2.93. The predicted octanol–water partition coefficient (Wildman–Crippen LogP) is 1.88. The van der Waals surface area contributed by atoms with Gasteiger partial charge in [-0.05, 0) is 19.3 Å². The van der Waals surface area contributed by atoms with Crippen molar-refractivity contribution in [3.8, 4) is 0 Å². The number of hydrogen-bond acceptors (Lipinski definition) is 6. The van der Waals surface area contributed by atoms with Gasteiger partial charge in [-0.25, -0.2) is 0 Å². The van der Waals surface area contributed by atoms with E-state index >= 15 is 0 Å². The Balaban J connectivity index is 2.15. The smallest absolute Gasteiger partial charge is 0.357 e. The van der Waals surface area contributed by atoms with E-state index in [-0.39, 0.29) is 11.9 Å². The van der Waals surface area contributed by atoms with Crippen LogP contribution < -0.4 is 15.5 Å². The van der Waals surface area contributed by atoms with E-state index in [0.717, 1.165) is 32.4 Å². The summed E-state index contributed by atoms with van der Waals surface area (Å²) in [7, 11) is 1.61. The second-order valence-corrected chi connectivity index (χ2v) is 4.55. The zero-order valence-corrected chi connectivity index (χ0v) is 11.2. The molecular weight excluding hydrogens is 273 g/mol. The first-order valence-corrected chi connectivity index (χ1v) is 6.47. The molecule has 0 aromatic carbocycles. The fourth-order valence-corrected chi connectivity index (χ4v) is 1.97. The van der Waals surface area contributed by atoms with E-state index in [2.05, 4.69) is 25.6 Å². The maximum absolute atomic E-state index is 12.2. The van der Waals surface area contributed by atoms with Crippen LogP contribution in [0.15, 0.2) is 0 Å². The van der Waals surface area contributed by atoms with Crippen molar-refractivity contribution in [2.45, 2.75) is 25.4 Å². The van der Waals surface area contributed by atoms with Crippen LogP contribution in [0.2, 0.25) is 0 Å². The molecule has 2 heterocycles. The van der Waals surface area contributed by atoms with Crippen molar-refractivity contribution >= 4 is 17.8 Å². The minimum absolute atomic E-state index is 0.0674. The van der Waals surface area contributed by atoms with Crippen LogP contribution in [0, 0.1) is 0 Å². The zero-order valence-electron chi connectivity index (χ0n) is 11.2. The van der Waals surface area contributed by atoms with Crippen molar-refractivity contribution in [1.82, 2.24) is 15.0 Å².